The fraction of sp³-hybridized carbons (Fsp3) is 0.625. The first-order valence-electron chi connectivity index (χ1n) is 7.47. The van der Waals surface area contributed by atoms with E-state index in [-0.39, 0.29) is 10.8 Å². The third-order valence-electron chi connectivity index (χ3n) is 4.56. The topological polar surface area (TPSA) is 30.7 Å². The molecule has 3 rings (SSSR count). The maximum atomic E-state index is 4.81. The number of hydrogen-bond acceptors (Lipinski definition) is 3. The van der Waals surface area contributed by atoms with Gasteiger partial charge in [-0.3, -0.25) is 0 Å². The average molecular weight is 289 g/mol. The van der Waals surface area contributed by atoms with Crippen molar-refractivity contribution in [3.8, 4) is 0 Å². The van der Waals surface area contributed by atoms with Crippen molar-refractivity contribution in [1.29, 1.82) is 0 Å². The number of rotatable bonds is 5. The predicted octanol–water partition coefficient (Wildman–Crippen LogP) is 4.16. The minimum atomic E-state index is 0.0795. The molecule has 1 aliphatic carbocycles. The van der Waals surface area contributed by atoms with Crippen LogP contribution in [0.2, 0.25) is 0 Å². The summed E-state index contributed by atoms with van der Waals surface area (Å²) in [7, 11) is 0. The van der Waals surface area contributed by atoms with Crippen molar-refractivity contribution in [2.45, 2.75) is 58.9 Å². The Morgan fingerprint density at radius 1 is 1.40 bits per heavy atom. The third kappa shape index (κ3) is 1.93. The molecule has 2 aromatic heterocycles. The summed E-state index contributed by atoms with van der Waals surface area (Å²) < 4.78 is 2.16. The van der Waals surface area contributed by atoms with Crippen LogP contribution in [-0.2, 0) is 12.0 Å². The van der Waals surface area contributed by atoms with Gasteiger partial charge < -0.3 is 0 Å². The van der Waals surface area contributed by atoms with Crippen LogP contribution in [0.1, 0.15) is 56.6 Å². The molecule has 1 saturated carbocycles. The predicted molar refractivity (Wildman–Crippen MR) is 83.2 cm³/mol. The van der Waals surface area contributed by atoms with E-state index >= 15 is 0 Å². The van der Waals surface area contributed by atoms with Crippen LogP contribution in [0.15, 0.2) is 17.5 Å². The molecule has 0 amide bonds. The number of hydrogen-bond donors (Lipinski definition) is 0. The van der Waals surface area contributed by atoms with Crippen molar-refractivity contribution in [1.82, 2.24) is 14.8 Å². The summed E-state index contributed by atoms with van der Waals surface area (Å²) in [4.78, 5) is 6.25. The van der Waals surface area contributed by atoms with E-state index in [1.807, 2.05) is 18.3 Å². The van der Waals surface area contributed by atoms with Crippen molar-refractivity contribution < 1.29 is 0 Å². The summed E-state index contributed by atoms with van der Waals surface area (Å²) >= 11 is 1.85. The fourth-order valence-corrected chi connectivity index (χ4v) is 4.39. The monoisotopic (exact) mass is 289 g/mol. The quantitative estimate of drug-likeness (QED) is 0.827. The smallest absolute Gasteiger partial charge is 0.147 e. The van der Waals surface area contributed by atoms with Crippen LogP contribution in [0.5, 0.6) is 0 Å². The van der Waals surface area contributed by atoms with E-state index in [1.54, 1.807) is 0 Å². The number of aromatic nitrogens is 3. The van der Waals surface area contributed by atoms with Gasteiger partial charge in [0.15, 0.2) is 0 Å². The Kier molecular flexibility index (Phi) is 3.24. The van der Waals surface area contributed by atoms with Gasteiger partial charge in [-0.05, 0) is 36.6 Å². The summed E-state index contributed by atoms with van der Waals surface area (Å²) in [5.41, 5.74) is 0.359. The highest BCUT2D eigenvalue weighted by Crippen LogP contribution is 2.68. The number of unbranched alkanes of at least 4 members (excludes halogenated alkanes) is 1. The molecule has 2 aromatic rings. The number of aryl methyl sites for hydroxylation is 2. The van der Waals surface area contributed by atoms with Gasteiger partial charge in [0.25, 0.3) is 0 Å². The molecule has 0 saturated heterocycles. The van der Waals surface area contributed by atoms with Crippen LogP contribution in [0.25, 0.3) is 0 Å². The van der Waals surface area contributed by atoms with E-state index in [1.165, 1.54) is 23.5 Å². The minimum absolute atomic E-state index is 0.0795. The Hall–Kier alpha value is -1.16. The van der Waals surface area contributed by atoms with E-state index in [0.717, 1.165) is 18.8 Å². The fourth-order valence-electron chi connectivity index (χ4n) is 3.29. The van der Waals surface area contributed by atoms with Crippen LogP contribution in [0.3, 0.4) is 0 Å². The number of thiophene rings is 1. The summed E-state index contributed by atoms with van der Waals surface area (Å²) in [5.74, 6) is 2.07. The lowest BCUT2D eigenvalue weighted by molar-refractivity contribution is 0.477. The normalized spacial score (nSPS) is 24.0. The van der Waals surface area contributed by atoms with Gasteiger partial charge in [-0.15, -0.1) is 11.3 Å². The summed E-state index contributed by atoms with van der Waals surface area (Å²) in [6.45, 7) is 9.90. The molecule has 108 valence electrons. The Morgan fingerprint density at radius 3 is 2.70 bits per heavy atom. The first kappa shape index (κ1) is 13.8. The molecule has 0 aromatic carbocycles. The highest BCUT2D eigenvalue weighted by molar-refractivity contribution is 7.10. The van der Waals surface area contributed by atoms with Crippen molar-refractivity contribution >= 4 is 11.3 Å². The molecule has 20 heavy (non-hydrogen) atoms. The largest absolute Gasteiger partial charge is 0.249 e. The first-order valence-corrected chi connectivity index (χ1v) is 8.35. The second kappa shape index (κ2) is 4.69. The van der Waals surface area contributed by atoms with Crippen LogP contribution in [0.4, 0.5) is 0 Å². The molecular formula is C16H23N3S. The molecule has 1 unspecified atom stereocenters. The molecule has 0 radical (unpaired) electrons. The molecule has 0 bridgehead atoms. The van der Waals surface area contributed by atoms with Gasteiger partial charge in [0.05, 0.1) is 5.41 Å². The summed E-state index contributed by atoms with van der Waals surface area (Å²) in [6, 6.07) is 4.41. The van der Waals surface area contributed by atoms with E-state index in [9.17, 15) is 0 Å². The van der Waals surface area contributed by atoms with Crippen LogP contribution in [0, 0.1) is 12.3 Å². The van der Waals surface area contributed by atoms with Gasteiger partial charge in [0.2, 0.25) is 0 Å². The van der Waals surface area contributed by atoms with Crippen LogP contribution in [-0.4, -0.2) is 14.8 Å². The molecule has 0 spiro atoms. The maximum absolute atomic E-state index is 4.81. The van der Waals surface area contributed by atoms with E-state index in [0.29, 0.717) is 0 Å². The zero-order chi connectivity index (χ0) is 14.4. The average Bonchev–Trinajstić information content (AvgIpc) is 2.84. The molecule has 1 atom stereocenters. The Labute approximate surface area is 125 Å². The molecule has 3 nitrogen and oxygen atoms in total. The van der Waals surface area contributed by atoms with Crippen molar-refractivity contribution in [2.24, 2.45) is 5.41 Å². The van der Waals surface area contributed by atoms with Crippen molar-refractivity contribution in [2.75, 3.05) is 0 Å². The number of nitrogens with zero attached hydrogens (tertiary/aromatic N) is 3. The van der Waals surface area contributed by atoms with Gasteiger partial charge in [0, 0.05) is 11.4 Å². The third-order valence-corrected chi connectivity index (χ3v) is 5.59. The molecule has 0 N–H and O–H groups in total. The lowest BCUT2D eigenvalue weighted by Gasteiger charge is -2.19. The zero-order valence-electron chi connectivity index (χ0n) is 12.8. The molecule has 1 fully saturated rings. The second-order valence-electron chi connectivity index (χ2n) is 6.50. The van der Waals surface area contributed by atoms with Gasteiger partial charge in [-0.2, -0.15) is 5.10 Å². The summed E-state index contributed by atoms with van der Waals surface area (Å²) in [5, 5.41) is 6.81. The maximum Gasteiger partial charge on any atom is 0.147 e. The lowest BCUT2D eigenvalue weighted by atomic mass is 9.93. The molecular weight excluding hydrogens is 266 g/mol. The van der Waals surface area contributed by atoms with Crippen LogP contribution < -0.4 is 0 Å². The lowest BCUT2D eigenvalue weighted by Crippen LogP contribution is -2.21. The van der Waals surface area contributed by atoms with Crippen LogP contribution >= 0.6 is 11.3 Å². The Balaban J connectivity index is 2.06. The zero-order valence-corrected chi connectivity index (χ0v) is 13.6. The first-order chi connectivity index (χ1) is 9.51. The Morgan fingerprint density at radius 2 is 2.15 bits per heavy atom. The second-order valence-corrected chi connectivity index (χ2v) is 7.45. The van der Waals surface area contributed by atoms with E-state index < -0.39 is 0 Å². The SMILES string of the molecule is CCCCn1nc(C)nc1C1(c2cccs2)CC1(C)C. The Bertz CT molecular complexity index is 597. The van der Waals surface area contributed by atoms with Crippen molar-refractivity contribution in [3.05, 3.63) is 34.0 Å². The van der Waals surface area contributed by atoms with Gasteiger partial charge in [-0.25, -0.2) is 9.67 Å². The highest BCUT2D eigenvalue weighted by atomic mass is 32.1. The van der Waals surface area contributed by atoms with E-state index in [4.69, 9.17) is 4.98 Å². The highest BCUT2D eigenvalue weighted by Gasteiger charge is 2.66. The molecule has 0 aliphatic heterocycles. The van der Waals surface area contributed by atoms with Gasteiger partial charge >= 0.3 is 0 Å². The molecule has 2 heterocycles. The standard InChI is InChI=1S/C16H23N3S/c1-5-6-9-19-14(17-12(2)18-19)16(11-15(16,3)4)13-8-7-10-20-13/h7-8,10H,5-6,9,11H2,1-4H3. The molecule has 4 heteroatoms. The molecule has 1 aliphatic rings. The van der Waals surface area contributed by atoms with Gasteiger partial charge in [0.1, 0.15) is 11.6 Å². The van der Waals surface area contributed by atoms with E-state index in [2.05, 4.69) is 48.1 Å². The minimum Gasteiger partial charge on any atom is -0.249 e. The van der Waals surface area contributed by atoms with Gasteiger partial charge in [-0.1, -0.05) is 33.3 Å². The summed E-state index contributed by atoms with van der Waals surface area (Å²) in [6.07, 6.45) is 3.52. The van der Waals surface area contributed by atoms with Crippen molar-refractivity contribution in [3.63, 3.8) is 0 Å².